The normalized spacial score (nSPS) is 27.9. The van der Waals surface area contributed by atoms with Crippen LogP contribution in [0, 0.1) is 5.92 Å². The summed E-state index contributed by atoms with van der Waals surface area (Å²) >= 11 is 0. The van der Waals surface area contributed by atoms with E-state index in [1.807, 2.05) is 25.1 Å². The Morgan fingerprint density at radius 3 is 2.46 bits per heavy atom. The molecule has 1 aliphatic carbocycles. The molecule has 2 rings (SSSR count). The van der Waals surface area contributed by atoms with E-state index in [1.165, 1.54) is 5.56 Å². The van der Waals surface area contributed by atoms with E-state index in [0.29, 0.717) is 11.7 Å². The molecular formula is C12H14O. The molecule has 1 aromatic carbocycles. The first-order chi connectivity index (χ1) is 6.27. The average molecular weight is 174 g/mol. The summed E-state index contributed by atoms with van der Waals surface area (Å²) in [5.41, 5.74) is 1.32. The second-order valence-corrected chi connectivity index (χ2v) is 3.91. The lowest BCUT2D eigenvalue weighted by atomic mass is 9.97. The molecule has 1 fully saturated rings. The molecule has 0 aromatic heterocycles. The summed E-state index contributed by atoms with van der Waals surface area (Å²) in [5, 5.41) is 0. The summed E-state index contributed by atoms with van der Waals surface area (Å²) in [5.74, 6) is 1.17. The van der Waals surface area contributed by atoms with E-state index in [1.54, 1.807) is 0 Å². The minimum absolute atomic E-state index is 0.269. The highest BCUT2D eigenvalue weighted by molar-refractivity contribution is 5.83. The van der Waals surface area contributed by atoms with Crippen LogP contribution in [0.2, 0.25) is 0 Å². The monoisotopic (exact) mass is 174 g/mol. The maximum Gasteiger partial charge on any atom is 0.136 e. The highest BCUT2D eigenvalue weighted by atomic mass is 16.1. The Hall–Kier alpha value is -1.11. The minimum atomic E-state index is 0.269. The van der Waals surface area contributed by atoms with Gasteiger partial charge in [-0.25, -0.2) is 0 Å². The zero-order chi connectivity index (χ0) is 9.26. The quantitative estimate of drug-likeness (QED) is 0.639. The molecule has 0 bridgehead atoms. The highest BCUT2D eigenvalue weighted by Gasteiger charge is 2.29. The smallest absolute Gasteiger partial charge is 0.136 e. The van der Waals surface area contributed by atoms with E-state index in [9.17, 15) is 4.79 Å². The molecule has 0 saturated heterocycles. The van der Waals surface area contributed by atoms with Crippen LogP contribution in [0.25, 0.3) is 0 Å². The molecule has 13 heavy (non-hydrogen) atoms. The molecule has 0 aliphatic heterocycles. The van der Waals surface area contributed by atoms with Crippen molar-refractivity contribution in [2.75, 3.05) is 0 Å². The van der Waals surface area contributed by atoms with Gasteiger partial charge in [0.1, 0.15) is 5.78 Å². The molecule has 0 heterocycles. The predicted molar refractivity (Wildman–Crippen MR) is 52.6 cm³/mol. The van der Waals surface area contributed by atoms with Gasteiger partial charge < -0.3 is 0 Å². The molecule has 68 valence electrons. The topological polar surface area (TPSA) is 17.1 Å². The molecule has 1 saturated carbocycles. The second kappa shape index (κ2) is 3.33. The van der Waals surface area contributed by atoms with E-state index in [-0.39, 0.29) is 5.92 Å². The van der Waals surface area contributed by atoms with Crippen LogP contribution in [0.4, 0.5) is 0 Å². The first kappa shape index (κ1) is 8.49. The number of carbonyl (C=O) groups excluding carboxylic acids is 1. The van der Waals surface area contributed by atoms with Crippen molar-refractivity contribution in [3.63, 3.8) is 0 Å². The zero-order valence-corrected chi connectivity index (χ0v) is 7.86. The van der Waals surface area contributed by atoms with Crippen molar-refractivity contribution in [2.24, 2.45) is 5.92 Å². The summed E-state index contributed by atoms with van der Waals surface area (Å²) in [6, 6.07) is 10.3. The van der Waals surface area contributed by atoms with Crippen LogP contribution >= 0.6 is 0 Å². The Morgan fingerprint density at radius 1 is 1.23 bits per heavy atom. The summed E-state index contributed by atoms with van der Waals surface area (Å²) in [4.78, 5) is 11.4. The Labute approximate surface area is 78.8 Å². The lowest BCUT2D eigenvalue weighted by Crippen LogP contribution is -1.98. The molecule has 0 radical (unpaired) electrons. The fraction of sp³-hybridized carbons (Fsp3) is 0.417. The minimum Gasteiger partial charge on any atom is -0.299 e. The molecule has 2 atom stereocenters. The van der Waals surface area contributed by atoms with Crippen LogP contribution < -0.4 is 0 Å². The number of Topliss-reactive ketones (excluding diaryl/α,β-unsaturated/α-hetero) is 1. The van der Waals surface area contributed by atoms with E-state index < -0.39 is 0 Å². The van der Waals surface area contributed by atoms with Gasteiger partial charge >= 0.3 is 0 Å². The van der Waals surface area contributed by atoms with Gasteiger partial charge in [-0.1, -0.05) is 37.3 Å². The summed E-state index contributed by atoms with van der Waals surface area (Å²) in [6.45, 7) is 2.03. The van der Waals surface area contributed by atoms with E-state index in [0.717, 1.165) is 12.8 Å². The van der Waals surface area contributed by atoms with Crippen LogP contribution in [0.5, 0.6) is 0 Å². The van der Waals surface area contributed by atoms with Gasteiger partial charge in [0.15, 0.2) is 0 Å². The Kier molecular flexibility index (Phi) is 2.17. The molecular weight excluding hydrogens is 160 g/mol. The number of ketones is 1. The third-order valence-corrected chi connectivity index (χ3v) is 2.91. The summed E-state index contributed by atoms with van der Waals surface area (Å²) in [7, 11) is 0. The van der Waals surface area contributed by atoms with Gasteiger partial charge in [-0.3, -0.25) is 4.79 Å². The number of hydrogen-bond donors (Lipinski definition) is 0. The SMILES string of the molecule is C[C@@H]1C[C@H](c2ccccc2)CC1=O. The third kappa shape index (κ3) is 1.64. The first-order valence-corrected chi connectivity index (χ1v) is 4.85. The predicted octanol–water partition coefficient (Wildman–Crippen LogP) is 2.77. The van der Waals surface area contributed by atoms with Gasteiger partial charge in [-0.15, -0.1) is 0 Å². The Morgan fingerprint density at radius 2 is 1.92 bits per heavy atom. The Balaban J connectivity index is 2.17. The Bertz CT molecular complexity index is 302. The third-order valence-electron chi connectivity index (χ3n) is 2.91. The largest absolute Gasteiger partial charge is 0.299 e. The van der Waals surface area contributed by atoms with Crippen LogP contribution in [-0.2, 0) is 4.79 Å². The molecule has 1 aromatic rings. The van der Waals surface area contributed by atoms with Crippen molar-refractivity contribution in [1.82, 2.24) is 0 Å². The fourth-order valence-corrected chi connectivity index (χ4v) is 2.06. The van der Waals surface area contributed by atoms with Gasteiger partial charge in [0.05, 0.1) is 0 Å². The second-order valence-electron chi connectivity index (χ2n) is 3.91. The molecule has 0 unspecified atom stereocenters. The molecule has 0 spiro atoms. The lowest BCUT2D eigenvalue weighted by molar-refractivity contribution is -0.120. The molecule has 0 amide bonds. The molecule has 0 N–H and O–H groups in total. The van der Waals surface area contributed by atoms with Crippen molar-refractivity contribution in [1.29, 1.82) is 0 Å². The van der Waals surface area contributed by atoms with Crippen LogP contribution in [0.15, 0.2) is 30.3 Å². The standard InChI is InChI=1S/C12H14O/c1-9-7-11(8-12(9)13)10-5-3-2-4-6-10/h2-6,9,11H,7-8H2,1H3/t9-,11+/m1/s1. The van der Waals surface area contributed by atoms with Crippen molar-refractivity contribution in [2.45, 2.75) is 25.7 Å². The number of rotatable bonds is 1. The number of carbonyl (C=O) groups is 1. The van der Waals surface area contributed by atoms with Gasteiger partial charge in [-0.05, 0) is 17.9 Å². The maximum absolute atomic E-state index is 11.4. The van der Waals surface area contributed by atoms with Crippen molar-refractivity contribution in [3.05, 3.63) is 35.9 Å². The average Bonchev–Trinajstić information content (AvgIpc) is 2.49. The van der Waals surface area contributed by atoms with Crippen molar-refractivity contribution in [3.8, 4) is 0 Å². The molecule has 1 heteroatoms. The summed E-state index contributed by atoms with van der Waals surface area (Å²) < 4.78 is 0. The van der Waals surface area contributed by atoms with E-state index >= 15 is 0 Å². The molecule has 1 nitrogen and oxygen atoms in total. The van der Waals surface area contributed by atoms with Gasteiger partial charge in [-0.2, -0.15) is 0 Å². The number of hydrogen-bond acceptors (Lipinski definition) is 1. The van der Waals surface area contributed by atoms with Crippen molar-refractivity contribution >= 4 is 5.78 Å². The van der Waals surface area contributed by atoms with E-state index in [2.05, 4.69) is 12.1 Å². The summed E-state index contributed by atoms with van der Waals surface area (Å²) in [6.07, 6.45) is 1.77. The first-order valence-electron chi connectivity index (χ1n) is 4.85. The molecule has 1 aliphatic rings. The van der Waals surface area contributed by atoms with Crippen molar-refractivity contribution < 1.29 is 4.79 Å². The van der Waals surface area contributed by atoms with Crippen LogP contribution in [0.3, 0.4) is 0 Å². The zero-order valence-electron chi connectivity index (χ0n) is 7.86. The van der Waals surface area contributed by atoms with E-state index in [4.69, 9.17) is 0 Å². The van der Waals surface area contributed by atoms with Crippen LogP contribution in [0.1, 0.15) is 31.2 Å². The maximum atomic E-state index is 11.4. The van der Waals surface area contributed by atoms with Gasteiger partial charge in [0.25, 0.3) is 0 Å². The lowest BCUT2D eigenvalue weighted by Gasteiger charge is -2.07. The van der Waals surface area contributed by atoms with Gasteiger partial charge in [0.2, 0.25) is 0 Å². The van der Waals surface area contributed by atoms with Gasteiger partial charge in [0, 0.05) is 12.3 Å². The fourth-order valence-electron chi connectivity index (χ4n) is 2.06. The number of benzene rings is 1. The van der Waals surface area contributed by atoms with Crippen LogP contribution in [-0.4, -0.2) is 5.78 Å². The highest BCUT2D eigenvalue weighted by Crippen LogP contribution is 2.35.